The summed E-state index contributed by atoms with van der Waals surface area (Å²) in [6.45, 7) is 1.88. The summed E-state index contributed by atoms with van der Waals surface area (Å²) in [5, 5.41) is 18.6. The third kappa shape index (κ3) is 5.16. The van der Waals surface area contributed by atoms with E-state index in [2.05, 4.69) is 10.2 Å². The molecule has 0 bridgehead atoms. The molecule has 0 unspecified atom stereocenters. The van der Waals surface area contributed by atoms with Gasteiger partial charge in [0.1, 0.15) is 5.75 Å². The van der Waals surface area contributed by atoms with Crippen molar-refractivity contribution < 1.29 is 19.2 Å². The van der Waals surface area contributed by atoms with Gasteiger partial charge in [0.05, 0.1) is 22.9 Å². The van der Waals surface area contributed by atoms with Crippen LogP contribution in [0.1, 0.15) is 6.92 Å². The van der Waals surface area contributed by atoms with Gasteiger partial charge in [0, 0.05) is 12.1 Å². The standard InChI is InChI=1S/C16H15N3O5/c1-2-23-16(20)11-24-15-9-5-13(6-10-15)18-17-12-3-7-14(8-4-12)19(21)22/h3-10H,2,11H2,1H3/b18-17+. The molecule has 0 atom stereocenters. The SMILES string of the molecule is CCOC(=O)COc1ccc(/N=N/c2ccc([N+](=O)[O-])cc2)cc1. The van der Waals surface area contributed by atoms with E-state index in [1.807, 2.05) is 0 Å². The van der Waals surface area contributed by atoms with Crippen LogP contribution in [0.3, 0.4) is 0 Å². The van der Waals surface area contributed by atoms with Gasteiger partial charge in [0.2, 0.25) is 0 Å². The lowest BCUT2D eigenvalue weighted by Gasteiger charge is -2.05. The van der Waals surface area contributed by atoms with E-state index in [-0.39, 0.29) is 12.3 Å². The first-order valence-corrected chi connectivity index (χ1v) is 7.13. The van der Waals surface area contributed by atoms with Crippen molar-refractivity contribution in [3.8, 4) is 5.75 Å². The highest BCUT2D eigenvalue weighted by molar-refractivity contribution is 5.71. The zero-order chi connectivity index (χ0) is 17.4. The largest absolute Gasteiger partial charge is 0.482 e. The Labute approximate surface area is 137 Å². The van der Waals surface area contributed by atoms with E-state index in [9.17, 15) is 14.9 Å². The number of azo groups is 1. The molecule has 8 nitrogen and oxygen atoms in total. The Morgan fingerprint density at radius 1 is 1.04 bits per heavy atom. The lowest BCUT2D eigenvalue weighted by atomic mass is 10.3. The summed E-state index contributed by atoms with van der Waals surface area (Å²) < 4.78 is 10.0. The average molecular weight is 329 g/mol. The molecule has 0 N–H and O–H groups in total. The van der Waals surface area contributed by atoms with E-state index >= 15 is 0 Å². The van der Waals surface area contributed by atoms with E-state index in [0.29, 0.717) is 23.7 Å². The van der Waals surface area contributed by atoms with Crippen molar-refractivity contribution in [1.29, 1.82) is 0 Å². The van der Waals surface area contributed by atoms with Gasteiger partial charge in [-0.2, -0.15) is 10.2 Å². The molecule has 0 aromatic heterocycles. The molecule has 8 heteroatoms. The summed E-state index contributed by atoms with van der Waals surface area (Å²) >= 11 is 0. The van der Waals surface area contributed by atoms with Crippen molar-refractivity contribution in [1.82, 2.24) is 0 Å². The van der Waals surface area contributed by atoms with E-state index in [0.717, 1.165) is 0 Å². The number of rotatable bonds is 7. The Morgan fingerprint density at radius 2 is 1.58 bits per heavy atom. The molecule has 0 saturated heterocycles. The smallest absolute Gasteiger partial charge is 0.344 e. The van der Waals surface area contributed by atoms with Crippen LogP contribution >= 0.6 is 0 Å². The molecule has 0 amide bonds. The van der Waals surface area contributed by atoms with Gasteiger partial charge in [-0.1, -0.05) is 0 Å². The molecule has 0 saturated carbocycles. The Morgan fingerprint density at radius 3 is 2.08 bits per heavy atom. The quantitative estimate of drug-likeness (QED) is 0.331. The summed E-state index contributed by atoms with van der Waals surface area (Å²) in [7, 11) is 0. The highest BCUT2D eigenvalue weighted by Gasteiger charge is 2.04. The minimum absolute atomic E-state index is 0.00273. The van der Waals surface area contributed by atoms with Gasteiger partial charge in [-0.15, -0.1) is 0 Å². The number of nitrogens with zero attached hydrogens (tertiary/aromatic N) is 3. The number of nitro benzene ring substituents is 1. The van der Waals surface area contributed by atoms with Crippen LogP contribution in [0.4, 0.5) is 17.1 Å². The summed E-state index contributed by atoms with van der Waals surface area (Å²) in [5.41, 5.74) is 1.08. The maximum Gasteiger partial charge on any atom is 0.344 e. The van der Waals surface area contributed by atoms with Crippen molar-refractivity contribution in [2.24, 2.45) is 10.2 Å². The first-order valence-electron chi connectivity index (χ1n) is 7.13. The molecule has 0 spiro atoms. The van der Waals surface area contributed by atoms with Crippen molar-refractivity contribution in [2.45, 2.75) is 6.92 Å². The van der Waals surface area contributed by atoms with Crippen LogP contribution in [0.15, 0.2) is 58.8 Å². The fraction of sp³-hybridized carbons (Fsp3) is 0.188. The normalized spacial score (nSPS) is 10.5. The maximum atomic E-state index is 11.2. The molecule has 0 aliphatic rings. The lowest BCUT2D eigenvalue weighted by Crippen LogP contribution is -2.14. The summed E-state index contributed by atoms with van der Waals surface area (Å²) in [6.07, 6.45) is 0. The summed E-state index contributed by atoms with van der Waals surface area (Å²) in [5.74, 6) is 0.0803. The molecular formula is C16H15N3O5. The third-order valence-electron chi connectivity index (χ3n) is 2.84. The second-order valence-electron chi connectivity index (χ2n) is 4.56. The van der Waals surface area contributed by atoms with Crippen LogP contribution in [0.2, 0.25) is 0 Å². The Bertz CT molecular complexity index is 726. The van der Waals surface area contributed by atoms with Gasteiger partial charge in [-0.3, -0.25) is 10.1 Å². The lowest BCUT2D eigenvalue weighted by molar-refractivity contribution is -0.384. The van der Waals surface area contributed by atoms with Crippen molar-refractivity contribution >= 4 is 23.0 Å². The molecule has 0 aliphatic heterocycles. The van der Waals surface area contributed by atoms with Crippen LogP contribution in [-0.2, 0) is 9.53 Å². The van der Waals surface area contributed by atoms with Gasteiger partial charge in [0.15, 0.2) is 6.61 Å². The van der Waals surface area contributed by atoms with E-state index < -0.39 is 10.9 Å². The molecular weight excluding hydrogens is 314 g/mol. The highest BCUT2D eigenvalue weighted by Crippen LogP contribution is 2.22. The number of carbonyl (C=O) groups is 1. The predicted octanol–water partition coefficient (Wildman–Crippen LogP) is 3.95. The fourth-order valence-corrected chi connectivity index (χ4v) is 1.71. The Hall–Kier alpha value is -3.29. The minimum atomic E-state index is -0.476. The number of ether oxygens (including phenoxy) is 2. The first-order chi connectivity index (χ1) is 11.6. The molecule has 2 aromatic rings. The van der Waals surface area contributed by atoms with Crippen LogP contribution < -0.4 is 4.74 Å². The molecule has 0 aliphatic carbocycles. The highest BCUT2D eigenvalue weighted by atomic mass is 16.6. The number of benzene rings is 2. The zero-order valence-electron chi connectivity index (χ0n) is 12.9. The topological polar surface area (TPSA) is 103 Å². The number of carbonyl (C=O) groups excluding carboxylic acids is 1. The van der Waals surface area contributed by atoms with Crippen LogP contribution in [0.5, 0.6) is 5.75 Å². The number of esters is 1. The maximum absolute atomic E-state index is 11.2. The third-order valence-corrected chi connectivity index (χ3v) is 2.84. The zero-order valence-corrected chi connectivity index (χ0v) is 12.9. The minimum Gasteiger partial charge on any atom is -0.482 e. The number of nitro groups is 1. The molecule has 0 fully saturated rings. The van der Waals surface area contributed by atoms with Gasteiger partial charge in [-0.25, -0.2) is 4.79 Å². The van der Waals surface area contributed by atoms with Crippen molar-refractivity contribution in [3.05, 3.63) is 58.6 Å². The van der Waals surface area contributed by atoms with Crippen molar-refractivity contribution in [3.63, 3.8) is 0 Å². The van der Waals surface area contributed by atoms with Gasteiger partial charge in [0.25, 0.3) is 5.69 Å². The molecule has 0 heterocycles. The number of hydrogen-bond acceptors (Lipinski definition) is 7. The second-order valence-corrected chi connectivity index (χ2v) is 4.56. The first kappa shape index (κ1) is 17.1. The molecule has 0 radical (unpaired) electrons. The predicted molar refractivity (Wildman–Crippen MR) is 85.8 cm³/mol. The van der Waals surface area contributed by atoms with Crippen LogP contribution in [0, 0.1) is 10.1 Å². The summed E-state index contributed by atoms with van der Waals surface area (Å²) in [4.78, 5) is 21.3. The Balaban J connectivity index is 1.93. The number of hydrogen-bond donors (Lipinski definition) is 0. The Kier molecular flexibility index (Phi) is 5.95. The van der Waals surface area contributed by atoms with Crippen LogP contribution in [-0.4, -0.2) is 24.1 Å². The van der Waals surface area contributed by atoms with E-state index in [1.165, 1.54) is 24.3 Å². The molecule has 24 heavy (non-hydrogen) atoms. The van der Waals surface area contributed by atoms with Gasteiger partial charge < -0.3 is 9.47 Å². The van der Waals surface area contributed by atoms with E-state index in [1.54, 1.807) is 31.2 Å². The van der Waals surface area contributed by atoms with E-state index in [4.69, 9.17) is 9.47 Å². The monoisotopic (exact) mass is 329 g/mol. The molecule has 2 rings (SSSR count). The van der Waals surface area contributed by atoms with Gasteiger partial charge in [-0.05, 0) is 43.3 Å². The fourth-order valence-electron chi connectivity index (χ4n) is 1.71. The second kappa shape index (κ2) is 8.37. The van der Waals surface area contributed by atoms with Crippen LogP contribution in [0.25, 0.3) is 0 Å². The molecule has 2 aromatic carbocycles. The number of non-ortho nitro benzene ring substituents is 1. The molecule has 124 valence electrons. The van der Waals surface area contributed by atoms with Crippen molar-refractivity contribution in [2.75, 3.05) is 13.2 Å². The summed E-state index contributed by atoms with van der Waals surface area (Å²) in [6, 6.07) is 12.4. The van der Waals surface area contributed by atoms with Gasteiger partial charge >= 0.3 is 5.97 Å². The average Bonchev–Trinajstić information content (AvgIpc) is 2.59.